The van der Waals surface area contributed by atoms with Gasteiger partial charge in [0.2, 0.25) is 11.8 Å². The van der Waals surface area contributed by atoms with Gasteiger partial charge in [0.1, 0.15) is 23.7 Å². The SMILES string of the molecule is C[C@H](NC(=O)OC(C)(C)C)C(=O)N[C@@H](Cc1ccccc1)C(=O)N[C@@H](Cc1ccccc1)C(=O)O. The molecule has 3 atom stereocenters. The fraction of sp³-hybridized carbons (Fsp3) is 0.385. The van der Waals surface area contributed by atoms with E-state index in [0.717, 1.165) is 11.1 Å². The van der Waals surface area contributed by atoms with Gasteiger partial charge >= 0.3 is 12.1 Å². The number of carbonyl (C=O) groups is 4. The van der Waals surface area contributed by atoms with Crippen LogP contribution in [0.25, 0.3) is 0 Å². The van der Waals surface area contributed by atoms with Crippen molar-refractivity contribution in [1.82, 2.24) is 16.0 Å². The van der Waals surface area contributed by atoms with E-state index in [0.29, 0.717) is 0 Å². The van der Waals surface area contributed by atoms with E-state index in [1.54, 1.807) is 69.3 Å². The molecule has 0 spiro atoms. The smallest absolute Gasteiger partial charge is 0.408 e. The first-order valence-corrected chi connectivity index (χ1v) is 11.4. The summed E-state index contributed by atoms with van der Waals surface area (Å²) < 4.78 is 5.17. The molecule has 2 aromatic rings. The molecule has 0 saturated heterocycles. The highest BCUT2D eigenvalue weighted by Crippen LogP contribution is 2.09. The topological polar surface area (TPSA) is 134 Å². The molecule has 0 aliphatic rings. The van der Waals surface area contributed by atoms with Gasteiger partial charge in [-0.1, -0.05) is 60.7 Å². The molecule has 2 aromatic carbocycles. The monoisotopic (exact) mass is 483 g/mol. The number of hydrogen-bond donors (Lipinski definition) is 4. The van der Waals surface area contributed by atoms with Crippen LogP contribution in [0.3, 0.4) is 0 Å². The zero-order valence-corrected chi connectivity index (χ0v) is 20.4. The zero-order chi connectivity index (χ0) is 26.0. The quantitative estimate of drug-likeness (QED) is 0.410. The Morgan fingerprint density at radius 1 is 0.771 bits per heavy atom. The highest BCUT2D eigenvalue weighted by molar-refractivity contribution is 5.93. The molecule has 0 aromatic heterocycles. The Labute approximate surface area is 205 Å². The highest BCUT2D eigenvalue weighted by Gasteiger charge is 2.29. The molecule has 188 valence electrons. The average molecular weight is 484 g/mol. The van der Waals surface area contributed by atoms with Crippen molar-refractivity contribution in [3.05, 3.63) is 71.8 Å². The van der Waals surface area contributed by atoms with Crippen LogP contribution in [0.4, 0.5) is 4.79 Å². The molecule has 0 fully saturated rings. The Hall–Kier alpha value is -3.88. The number of rotatable bonds is 10. The molecule has 0 bridgehead atoms. The second-order valence-corrected chi connectivity index (χ2v) is 9.21. The van der Waals surface area contributed by atoms with Crippen LogP contribution in [0.5, 0.6) is 0 Å². The summed E-state index contributed by atoms with van der Waals surface area (Å²) in [6.07, 6.45) is -0.544. The minimum absolute atomic E-state index is 0.0878. The molecule has 9 heteroatoms. The average Bonchev–Trinajstić information content (AvgIpc) is 2.78. The second-order valence-electron chi connectivity index (χ2n) is 9.21. The fourth-order valence-corrected chi connectivity index (χ4v) is 3.23. The Morgan fingerprint density at radius 3 is 1.69 bits per heavy atom. The van der Waals surface area contributed by atoms with Crippen molar-refractivity contribution in [1.29, 1.82) is 0 Å². The molecule has 35 heavy (non-hydrogen) atoms. The number of alkyl carbamates (subject to hydrolysis) is 1. The lowest BCUT2D eigenvalue weighted by atomic mass is 10.0. The molecule has 0 unspecified atom stereocenters. The highest BCUT2D eigenvalue weighted by atomic mass is 16.6. The van der Waals surface area contributed by atoms with E-state index in [2.05, 4.69) is 16.0 Å². The van der Waals surface area contributed by atoms with Gasteiger partial charge in [0.15, 0.2) is 0 Å². The minimum Gasteiger partial charge on any atom is -0.480 e. The number of hydrogen-bond acceptors (Lipinski definition) is 5. The lowest BCUT2D eigenvalue weighted by molar-refractivity contribution is -0.142. The number of ether oxygens (including phenoxy) is 1. The fourth-order valence-electron chi connectivity index (χ4n) is 3.23. The summed E-state index contributed by atoms with van der Waals surface area (Å²) in [6, 6.07) is 14.7. The van der Waals surface area contributed by atoms with E-state index < -0.39 is 47.6 Å². The zero-order valence-electron chi connectivity index (χ0n) is 20.4. The lowest BCUT2D eigenvalue weighted by Gasteiger charge is -2.24. The van der Waals surface area contributed by atoms with Gasteiger partial charge in [-0.3, -0.25) is 9.59 Å². The number of carbonyl (C=O) groups excluding carboxylic acids is 3. The Morgan fingerprint density at radius 2 is 1.23 bits per heavy atom. The summed E-state index contributed by atoms with van der Waals surface area (Å²) >= 11 is 0. The number of carboxylic acid groups (broad SMARTS) is 1. The van der Waals surface area contributed by atoms with E-state index in [1.807, 2.05) is 12.1 Å². The van der Waals surface area contributed by atoms with Gasteiger partial charge < -0.3 is 25.8 Å². The van der Waals surface area contributed by atoms with Gasteiger partial charge in [-0.15, -0.1) is 0 Å². The van der Waals surface area contributed by atoms with Gasteiger partial charge in [0, 0.05) is 12.8 Å². The summed E-state index contributed by atoms with van der Waals surface area (Å²) in [6.45, 7) is 6.57. The van der Waals surface area contributed by atoms with E-state index in [9.17, 15) is 24.3 Å². The number of nitrogens with one attached hydrogen (secondary N) is 3. The first-order valence-electron chi connectivity index (χ1n) is 11.4. The molecule has 9 nitrogen and oxygen atoms in total. The van der Waals surface area contributed by atoms with E-state index in [1.165, 1.54) is 6.92 Å². The van der Waals surface area contributed by atoms with Crippen LogP contribution in [0, 0.1) is 0 Å². The minimum atomic E-state index is -1.19. The molecular weight excluding hydrogens is 450 g/mol. The standard InChI is InChI=1S/C26H33N3O6/c1-17(27-25(34)35-26(2,3)4)22(30)28-20(15-18-11-7-5-8-12-18)23(31)29-21(24(32)33)16-19-13-9-6-10-14-19/h5-14,17,20-21H,15-16H2,1-4H3,(H,27,34)(H,28,30)(H,29,31)(H,32,33)/t17-,20-,21-/m0/s1. The van der Waals surface area contributed by atoms with E-state index >= 15 is 0 Å². The third kappa shape index (κ3) is 9.87. The van der Waals surface area contributed by atoms with Crippen molar-refractivity contribution in [2.45, 2.75) is 64.3 Å². The third-order valence-corrected chi connectivity index (χ3v) is 4.94. The summed E-state index contributed by atoms with van der Waals surface area (Å²) in [5.41, 5.74) is 0.787. The van der Waals surface area contributed by atoms with E-state index in [4.69, 9.17) is 4.74 Å². The maximum absolute atomic E-state index is 13.1. The van der Waals surface area contributed by atoms with Crippen LogP contribution in [-0.4, -0.2) is 52.7 Å². The third-order valence-electron chi connectivity index (χ3n) is 4.94. The summed E-state index contributed by atoms with van der Waals surface area (Å²) in [4.78, 5) is 49.7. The summed E-state index contributed by atoms with van der Waals surface area (Å²) in [5, 5.41) is 17.3. The molecule has 4 N–H and O–H groups in total. The van der Waals surface area contributed by atoms with Crippen LogP contribution in [-0.2, 0) is 32.0 Å². The van der Waals surface area contributed by atoms with Gasteiger partial charge in [0.25, 0.3) is 0 Å². The molecule has 2 rings (SSSR count). The Kier molecular flexibility index (Phi) is 9.81. The molecule has 0 radical (unpaired) electrons. The first kappa shape index (κ1) is 27.4. The summed E-state index contributed by atoms with van der Waals surface area (Å²) in [7, 11) is 0. The van der Waals surface area contributed by atoms with Gasteiger partial charge in [-0.25, -0.2) is 9.59 Å². The first-order chi connectivity index (χ1) is 16.4. The van der Waals surface area contributed by atoms with Gasteiger partial charge in [-0.05, 0) is 38.8 Å². The van der Waals surface area contributed by atoms with Crippen LogP contribution < -0.4 is 16.0 Å². The van der Waals surface area contributed by atoms with Crippen molar-refractivity contribution in [2.75, 3.05) is 0 Å². The predicted molar refractivity (Wildman–Crippen MR) is 131 cm³/mol. The summed E-state index contributed by atoms with van der Waals surface area (Å²) in [5.74, 6) is -2.44. The van der Waals surface area contributed by atoms with Crippen molar-refractivity contribution < 1.29 is 29.0 Å². The van der Waals surface area contributed by atoms with Crippen LogP contribution in [0.2, 0.25) is 0 Å². The second kappa shape index (κ2) is 12.5. The Bertz CT molecular complexity index is 1000. The molecule has 0 aliphatic heterocycles. The molecule has 3 amide bonds. The number of carboxylic acids is 1. The molecule has 0 saturated carbocycles. The van der Waals surface area contributed by atoms with Crippen molar-refractivity contribution in [3.63, 3.8) is 0 Å². The molecule has 0 heterocycles. The number of benzene rings is 2. The maximum atomic E-state index is 13.1. The lowest BCUT2D eigenvalue weighted by Crippen LogP contribution is -2.56. The molecule has 0 aliphatic carbocycles. The molecular formula is C26H33N3O6. The Balaban J connectivity index is 2.13. The van der Waals surface area contributed by atoms with Gasteiger partial charge in [0.05, 0.1) is 0 Å². The van der Waals surface area contributed by atoms with Gasteiger partial charge in [-0.2, -0.15) is 0 Å². The normalized spacial score (nSPS) is 13.6. The van der Waals surface area contributed by atoms with Crippen molar-refractivity contribution in [3.8, 4) is 0 Å². The van der Waals surface area contributed by atoms with Crippen molar-refractivity contribution >= 4 is 23.9 Å². The maximum Gasteiger partial charge on any atom is 0.408 e. The van der Waals surface area contributed by atoms with Crippen LogP contribution in [0.1, 0.15) is 38.8 Å². The van der Waals surface area contributed by atoms with Crippen LogP contribution >= 0.6 is 0 Å². The predicted octanol–water partition coefficient (Wildman–Crippen LogP) is 2.44. The largest absolute Gasteiger partial charge is 0.480 e. The van der Waals surface area contributed by atoms with Crippen molar-refractivity contribution in [2.24, 2.45) is 0 Å². The number of aliphatic carboxylic acids is 1. The number of amides is 3. The van der Waals surface area contributed by atoms with E-state index in [-0.39, 0.29) is 12.8 Å². The van der Waals surface area contributed by atoms with Crippen LogP contribution in [0.15, 0.2) is 60.7 Å².